The molecule has 0 bridgehead atoms. The van der Waals surface area contributed by atoms with Gasteiger partial charge in [-0.1, -0.05) is 97.1 Å². The van der Waals surface area contributed by atoms with Crippen LogP contribution in [0.25, 0.3) is 60.5 Å². The monoisotopic (exact) mass is 571 g/mol. The Morgan fingerprint density at radius 1 is 0.477 bits per heavy atom. The molecule has 0 N–H and O–H groups in total. The molecule has 0 radical (unpaired) electrons. The van der Waals surface area contributed by atoms with Crippen molar-refractivity contribution in [1.82, 2.24) is 4.57 Å². The minimum absolute atomic E-state index is 0.391. The number of aromatic nitrogens is 1. The van der Waals surface area contributed by atoms with Crippen molar-refractivity contribution in [1.29, 1.82) is 0 Å². The molecule has 8 rings (SSSR count). The Kier molecular flexibility index (Phi) is 6.10. The van der Waals surface area contributed by atoms with E-state index in [2.05, 4.69) is 166 Å². The number of nitrogens with zero attached hydrogens (tertiary/aromatic N) is 1. The second kappa shape index (κ2) is 9.95. The van der Waals surface area contributed by atoms with Gasteiger partial charge < -0.3 is 13.9 Å². The number of rotatable bonds is 4. The summed E-state index contributed by atoms with van der Waals surface area (Å²) >= 11 is 0. The molecule has 1 saturated heterocycles. The fourth-order valence-electron chi connectivity index (χ4n) is 6.47. The number of fused-ring (bicyclic) bond motifs is 4. The highest BCUT2D eigenvalue weighted by atomic mass is 16.7. The second-order valence-corrected chi connectivity index (χ2v) is 12.9. The van der Waals surface area contributed by atoms with Gasteiger partial charge in [-0.3, -0.25) is 0 Å². The van der Waals surface area contributed by atoms with E-state index in [1.807, 2.05) is 0 Å². The van der Waals surface area contributed by atoms with Gasteiger partial charge in [-0.05, 0) is 103 Å². The van der Waals surface area contributed by atoms with Gasteiger partial charge in [-0.2, -0.15) is 0 Å². The summed E-state index contributed by atoms with van der Waals surface area (Å²) in [5, 5.41) is 4.88. The molecule has 0 saturated carbocycles. The normalized spacial score (nSPS) is 15.9. The molecule has 1 fully saturated rings. The maximum atomic E-state index is 6.43. The summed E-state index contributed by atoms with van der Waals surface area (Å²) in [7, 11) is -0.410. The van der Waals surface area contributed by atoms with E-state index in [9.17, 15) is 0 Å². The van der Waals surface area contributed by atoms with E-state index in [-0.39, 0.29) is 0 Å². The number of hydrogen-bond acceptors (Lipinski definition) is 2. The van der Waals surface area contributed by atoms with E-state index in [4.69, 9.17) is 9.31 Å². The van der Waals surface area contributed by atoms with Gasteiger partial charge in [-0.25, -0.2) is 0 Å². The van der Waals surface area contributed by atoms with Crippen LogP contribution in [0, 0.1) is 0 Å². The summed E-state index contributed by atoms with van der Waals surface area (Å²) in [6.07, 6.45) is 0. The predicted octanol–water partition coefficient (Wildman–Crippen LogP) is 9.57. The minimum atomic E-state index is -0.410. The van der Waals surface area contributed by atoms with E-state index in [0.29, 0.717) is 0 Å². The fourth-order valence-corrected chi connectivity index (χ4v) is 6.47. The zero-order chi connectivity index (χ0) is 30.1. The quantitative estimate of drug-likeness (QED) is 0.197. The summed E-state index contributed by atoms with van der Waals surface area (Å²) in [4.78, 5) is 0. The average molecular weight is 572 g/mol. The first kappa shape index (κ1) is 27.0. The summed E-state index contributed by atoms with van der Waals surface area (Å²) in [5.41, 5.74) is 8.47. The van der Waals surface area contributed by atoms with Gasteiger partial charge in [-0.15, -0.1) is 0 Å². The molecule has 0 amide bonds. The highest BCUT2D eigenvalue weighted by Gasteiger charge is 2.51. The van der Waals surface area contributed by atoms with Gasteiger partial charge >= 0.3 is 7.12 Å². The van der Waals surface area contributed by atoms with Crippen molar-refractivity contribution in [3.63, 3.8) is 0 Å². The van der Waals surface area contributed by atoms with Gasteiger partial charge in [0, 0.05) is 16.5 Å². The van der Waals surface area contributed by atoms with Gasteiger partial charge in [0.15, 0.2) is 0 Å². The minimum Gasteiger partial charge on any atom is -0.399 e. The average Bonchev–Trinajstić information content (AvgIpc) is 3.49. The Labute approximate surface area is 258 Å². The lowest BCUT2D eigenvalue weighted by Crippen LogP contribution is -2.41. The van der Waals surface area contributed by atoms with Crippen molar-refractivity contribution in [2.45, 2.75) is 38.9 Å². The van der Waals surface area contributed by atoms with Gasteiger partial charge in [0.05, 0.1) is 22.2 Å². The third-order valence-electron chi connectivity index (χ3n) is 9.59. The van der Waals surface area contributed by atoms with Crippen LogP contribution in [0.2, 0.25) is 0 Å². The highest BCUT2D eigenvalue weighted by Crippen LogP contribution is 2.39. The van der Waals surface area contributed by atoms with Gasteiger partial charge in [0.2, 0.25) is 0 Å². The lowest BCUT2D eigenvalue weighted by Gasteiger charge is -2.32. The Hall–Kier alpha value is -4.64. The lowest BCUT2D eigenvalue weighted by atomic mass is 9.78. The molecule has 1 aliphatic heterocycles. The second-order valence-electron chi connectivity index (χ2n) is 12.9. The van der Waals surface area contributed by atoms with Crippen LogP contribution < -0.4 is 5.46 Å². The Bertz CT molecular complexity index is 2180. The third-order valence-corrected chi connectivity index (χ3v) is 9.59. The van der Waals surface area contributed by atoms with Crippen LogP contribution in [0.3, 0.4) is 0 Å². The van der Waals surface area contributed by atoms with Crippen molar-refractivity contribution >= 4 is 45.2 Å². The van der Waals surface area contributed by atoms with Crippen molar-refractivity contribution in [3.05, 3.63) is 133 Å². The van der Waals surface area contributed by atoms with Crippen molar-refractivity contribution in [3.8, 4) is 27.9 Å². The van der Waals surface area contributed by atoms with Crippen molar-refractivity contribution < 1.29 is 9.31 Å². The van der Waals surface area contributed by atoms with E-state index >= 15 is 0 Å². The SMILES string of the molecule is CC1(C)OB(c2ccc3c(c2)c2ccccc2n3-c2cc(-c3ccccc3)cc(-c3ccc4ccccc4c3)c2)OC1(C)C. The molecule has 2 heterocycles. The zero-order valence-electron chi connectivity index (χ0n) is 25.5. The molecule has 0 atom stereocenters. The van der Waals surface area contributed by atoms with Crippen molar-refractivity contribution in [2.24, 2.45) is 0 Å². The van der Waals surface area contributed by atoms with Crippen LogP contribution in [0.4, 0.5) is 0 Å². The number of benzene rings is 6. The molecule has 1 aromatic heterocycles. The number of hydrogen-bond donors (Lipinski definition) is 0. The molecule has 1 aliphatic rings. The lowest BCUT2D eigenvalue weighted by molar-refractivity contribution is 0.00578. The summed E-state index contributed by atoms with van der Waals surface area (Å²) in [5.74, 6) is 0. The predicted molar refractivity (Wildman–Crippen MR) is 185 cm³/mol. The summed E-state index contributed by atoms with van der Waals surface area (Å²) < 4.78 is 15.3. The fraction of sp³-hybridized carbons (Fsp3) is 0.150. The molecule has 0 spiro atoms. The topological polar surface area (TPSA) is 23.4 Å². The van der Waals surface area contributed by atoms with Gasteiger partial charge in [0.1, 0.15) is 0 Å². The molecule has 0 aliphatic carbocycles. The van der Waals surface area contributed by atoms with E-state index in [1.165, 1.54) is 49.3 Å². The molecule has 6 aromatic carbocycles. The first-order valence-corrected chi connectivity index (χ1v) is 15.4. The molecule has 214 valence electrons. The molecule has 7 aromatic rings. The Morgan fingerprint density at radius 3 is 1.89 bits per heavy atom. The maximum Gasteiger partial charge on any atom is 0.494 e. The molecular formula is C40H34BNO2. The van der Waals surface area contributed by atoms with Crippen LogP contribution >= 0.6 is 0 Å². The molecule has 3 nitrogen and oxygen atoms in total. The molecule has 4 heteroatoms. The molecule has 0 unspecified atom stereocenters. The van der Waals surface area contributed by atoms with E-state index < -0.39 is 18.3 Å². The zero-order valence-corrected chi connectivity index (χ0v) is 25.5. The number of para-hydroxylation sites is 1. The van der Waals surface area contributed by atoms with Crippen LogP contribution in [0.1, 0.15) is 27.7 Å². The summed E-state index contributed by atoms with van der Waals surface area (Å²) in [6, 6.07) is 48.2. The van der Waals surface area contributed by atoms with Gasteiger partial charge in [0.25, 0.3) is 0 Å². The molecular weight excluding hydrogens is 537 g/mol. The highest BCUT2D eigenvalue weighted by molar-refractivity contribution is 6.62. The van der Waals surface area contributed by atoms with Crippen molar-refractivity contribution in [2.75, 3.05) is 0 Å². The van der Waals surface area contributed by atoms with E-state index in [0.717, 1.165) is 16.7 Å². The smallest absolute Gasteiger partial charge is 0.399 e. The van der Waals surface area contributed by atoms with E-state index in [1.54, 1.807) is 0 Å². The van der Waals surface area contributed by atoms with Crippen LogP contribution in [-0.2, 0) is 9.31 Å². The largest absolute Gasteiger partial charge is 0.494 e. The van der Waals surface area contributed by atoms with Crippen LogP contribution in [0.5, 0.6) is 0 Å². The Balaban J connectivity index is 1.34. The maximum absolute atomic E-state index is 6.43. The standard InChI is InChI=1S/C40H34BNO2/c1-39(2)40(3,4)44-41(43-39)33-20-21-38-36(26-33)35-16-10-11-17-37(35)42(38)34-24-31(27-12-6-5-7-13-27)23-32(25-34)30-19-18-28-14-8-9-15-29(28)22-30/h5-26H,1-4H3. The van der Waals surface area contributed by atoms with Crippen LogP contribution in [-0.4, -0.2) is 22.9 Å². The van der Waals surface area contributed by atoms with Crippen LogP contribution in [0.15, 0.2) is 133 Å². The Morgan fingerprint density at radius 2 is 1.11 bits per heavy atom. The molecule has 44 heavy (non-hydrogen) atoms. The summed E-state index contributed by atoms with van der Waals surface area (Å²) in [6.45, 7) is 8.41. The third kappa shape index (κ3) is 4.37. The first-order valence-electron chi connectivity index (χ1n) is 15.4. The first-order chi connectivity index (χ1) is 21.3.